The number of hydrogen-bond donors (Lipinski definition) is 1. The maximum absolute atomic E-state index is 12.3. The summed E-state index contributed by atoms with van der Waals surface area (Å²) in [6.45, 7) is 11.1. The van der Waals surface area contributed by atoms with Crippen LogP contribution in [0.25, 0.3) is 11.0 Å². The molecular formula is C19H27ClN5O4P. The van der Waals surface area contributed by atoms with Crippen molar-refractivity contribution >= 4 is 42.9 Å². The van der Waals surface area contributed by atoms with E-state index in [1.165, 1.54) is 0 Å². The summed E-state index contributed by atoms with van der Waals surface area (Å²) in [6, 6.07) is 2.11. The quantitative estimate of drug-likeness (QED) is 0.323. The first kappa shape index (κ1) is 24.4. The Labute approximate surface area is 182 Å². The summed E-state index contributed by atoms with van der Waals surface area (Å²) in [5.74, 6) is -0.145. The van der Waals surface area contributed by atoms with E-state index in [9.17, 15) is 10.1 Å². The average Bonchev–Trinajstić information content (AvgIpc) is 3.03. The molecule has 0 aliphatic heterocycles. The summed E-state index contributed by atoms with van der Waals surface area (Å²) in [7, 11) is -1.08. The third-order valence-corrected chi connectivity index (χ3v) is 5.68. The molecule has 30 heavy (non-hydrogen) atoms. The van der Waals surface area contributed by atoms with E-state index in [0.29, 0.717) is 49.3 Å². The zero-order valence-electron chi connectivity index (χ0n) is 17.9. The SMILES string of the molecule is CCOP(COCCn1cc(C#N)c2c(Cl)nc(NC(=O)C(C)(C)C)nc21)OCC. The minimum atomic E-state index is -1.08. The van der Waals surface area contributed by atoms with Crippen LogP contribution in [0.1, 0.15) is 40.2 Å². The van der Waals surface area contributed by atoms with Crippen LogP contribution in [0.3, 0.4) is 0 Å². The number of hydrogen-bond acceptors (Lipinski definition) is 7. The highest BCUT2D eigenvalue weighted by atomic mass is 35.5. The molecule has 0 unspecified atom stereocenters. The predicted molar refractivity (Wildman–Crippen MR) is 116 cm³/mol. The molecule has 0 aliphatic rings. The summed E-state index contributed by atoms with van der Waals surface area (Å²) in [4.78, 5) is 20.8. The fraction of sp³-hybridized carbons (Fsp3) is 0.579. The molecule has 164 valence electrons. The fourth-order valence-corrected chi connectivity index (χ4v) is 3.79. The van der Waals surface area contributed by atoms with Crippen molar-refractivity contribution in [3.63, 3.8) is 0 Å². The van der Waals surface area contributed by atoms with Crippen LogP contribution in [0, 0.1) is 16.7 Å². The molecule has 9 nitrogen and oxygen atoms in total. The van der Waals surface area contributed by atoms with E-state index in [2.05, 4.69) is 21.4 Å². The number of halogens is 1. The number of fused-ring (bicyclic) bond motifs is 1. The van der Waals surface area contributed by atoms with Gasteiger partial charge in [0.25, 0.3) is 0 Å². The van der Waals surface area contributed by atoms with Gasteiger partial charge in [-0.3, -0.25) is 10.1 Å². The smallest absolute Gasteiger partial charge is 0.232 e. The van der Waals surface area contributed by atoms with Gasteiger partial charge in [-0.1, -0.05) is 32.4 Å². The van der Waals surface area contributed by atoms with Crippen LogP contribution >= 0.6 is 20.0 Å². The summed E-state index contributed by atoms with van der Waals surface area (Å²) < 4.78 is 18.5. The number of carbonyl (C=O) groups excluding carboxylic acids is 1. The first-order valence-corrected chi connectivity index (χ1v) is 11.3. The predicted octanol–water partition coefficient (Wildman–Crippen LogP) is 4.30. The van der Waals surface area contributed by atoms with Gasteiger partial charge in [-0.25, -0.2) is 0 Å². The Balaban J connectivity index is 2.19. The molecule has 0 radical (unpaired) electrons. The molecule has 1 amide bonds. The maximum Gasteiger partial charge on any atom is 0.232 e. The van der Waals surface area contributed by atoms with Crippen LogP contribution in [-0.4, -0.2) is 46.6 Å². The number of nitrogens with one attached hydrogen (secondary N) is 1. The van der Waals surface area contributed by atoms with E-state index in [4.69, 9.17) is 25.4 Å². The van der Waals surface area contributed by atoms with Crippen molar-refractivity contribution in [3.8, 4) is 6.07 Å². The largest absolute Gasteiger partial charge is 0.370 e. The Bertz CT molecular complexity index is 916. The second kappa shape index (κ2) is 11.0. The molecule has 0 saturated heterocycles. The molecule has 11 heteroatoms. The van der Waals surface area contributed by atoms with Gasteiger partial charge in [0.05, 0.1) is 30.8 Å². The number of carbonyl (C=O) groups is 1. The zero-order valence-corrected chi connectivity index (χ0v) is 19.5. The lowest BCUT2D eigenvalue weighted by Gasteiger charge is -2.17. The minimum Gasteiger partial charge on any atom is -0.370 e. The van der Waals surface area contributed by atoms with E-state index in [-0.39, 0.29) is 17.0 Å². The Morgan fingerprint density at radius 1 is 1.30 bits per heavy atom. The summed E-state index contributed by atoms with van der Waals surface area (Å²) in [6.07, 6.45) is 2.00. The zero-order chi connectivity index (χ0) is 22.3. The van der Waals surface area contributed by atoms with Crippen molar-refractivity contribution in [2.75, 3.05) is 31.5 Å². The van der Waals surface area contributed by atoms with Gasteiger partial charge in [-0.05, 0) is 13.8 Å². The van der Waals surface area contributed by atoms with Gasteiger partial charge in [0.2, 0.25) is 11.9 Å². The standard InChI is InChI=1S/C19H27ClN5O4P/c1-6-28-30(29-7-2)12-27-9-8-25-11-13(10-21)14-15(20)22-18(23-16(14)25)24-17(26)19(3,4)5/h11H,6-9,12H2,1-5H3,(H,22,23,24,26). The summed E-state index contributed by atoms with van der Waals surface area (Å²) >= 11 is 6.30. The van der Waals surface area contributed by atoms with Gasteiger partial charge in [-0.15, -0.1) is 0 Å². The number of amides is 1. The molecular weight excluding hydrogens is 429 g/mol. The third-order valence-electron chi connectivity index (χ3n) is 3.92. The van der Waals surface area contributed by atoms with E-state index in [1.807, 2.05) is 13.8 Å². The van der Waals surface area contributed by atoms with E-state index >= 15 is 0 Å². The highest BCUT2D eigenvalue weighted by Crippen LogP contribution is 2.37. The molecule has 0 saturated carbocycles. The number of nitrogens with zero attached hydrogens (tertiary/aromatic N) is 4. The van der Waals surface area contributed by atoms with E-state index in [0.717, 1.165) is 0 Å². The van der Waals surface area contributed by atoms with Crippen LogP contribution < -0.4 is 5.32 Å². The second-order valence-electron chi connectivity index (χ2n) is 7.29. The molecule has 0 spiro atoms. The van der Waals surface area contributed by atoms with Gasteiger partial charge in [0.1, 0.15) is 23.2 Å². The average molecular weight is 456 g/mol. The summed E-state index contributed by atoms with van der Waals surface area (Å²) in [5, 5.41) is 12.7. The van der Waals surface area contributed by atoms with Crippen LogP contribution in [0.15, 0.2) is 6.20 Å². The van der Waals surface area contributed by atoms with Gasteiger partial charge < -0.3 is 18.4 Å². The molecule has 2 aromatic rings. The van der Waals surface area contributed by atoms with Gasteiger partial charge in [0.15, 0.2) is 8.38 Å². The lowest BCUT2D eigenvalue weighted by molar-refractivity contribution is -0.123. The molecule has 0 aliphatic carbocycles. The van der Waals surface area contributed by atoms with Gasteiger partial charge in [0, 0.05) is 18.2 Å². The van der Waals surface area contributed by atoms with E-state index in [1.54, 1.807) is 31.5 Å². The van der Waals surface area contributed by atoms with Crippen molar-refractivity contribution in [1.29, 1.82) is 5.26 Å². The van der Waals surface area contributed by atoms with Crippen molar-refractivity contribution in [1.82, 2.24) is 14.5 Å². The first-order chi connectivity index (χ1) is 14.2. The Morgan fingerprint density at radius 2 is 1.97 bits per heavy atom. The Morgan fingerprint density at radius 3 is 2.53 bits per heavy atom. The molecule has 0 fully saturated rings. The number of aromatic nitrogens is 3. The van der Waals surface area contributed by atoms with Crippen LogP contribution in [0.5, 0.6) is 0 Å². The summed E-state index contributed by atoms with van der Waals surface area (Å²) in [5.41, 5.74) is 0.198. The van der Waals surface area contributed by atoms with Crippen LogP contribution in [0.4, 0.5) is 5.95 Å². The highest BCUT2D eigenvalue weighted by molar-refractivity contribution is 7.47. The molecule has 0 atom stereocenters. The van der Waals surface area contributed by atoms with Crippen LogP contribution in [0.2, 0.25) is 5.15 Å². The van der Waals surface area contributed by atoms with Gasteiger partial charge in [-0.2, -0.15) is 15.2 Å². The molecule has 2 aromatic heterocycles. The number of anilines is 1. The van der Waals surface area contributed by atoms with Crippen molar-refractivity contribution < 1.29 is 18.6 Å². The topological polar surface area (TPSA) is 111 Å². The fourth-order valence-electron chi connectivity index (χ4n) is 2.45. The molecule has 0 aromatic carbocycles. The van der Waals surface area contributed by atoms with Crippen LogP contribution in [-0.2, 0) is 25.1 Å². The third kappa shape index (κ3) is 6.34. The highest BCUT2D eigenvalue weighted by Gasteiger charge is 2.23. The Kier molecular flexibility index (Phi) is 8.95. The maximum atomic E-state index is 12.3. The molecule has 0 bridgehead atoms. The van der Waals surface area contributed by atoms with Gasteiger partial charge >= 0.3 is 0 Å². The number of ether oxygens (including phenoxy) is 1. The molecule has 2 rings (SSSR count). The first-order valence-electron chi connectivity index (χ1n) is 9.60. The molecule has 1 N–H and O–H groups in total. The lowest BCUT2D eigenvalue weighted by Crippen LogP contribution is -2.28. The van der Waals surface area contributed by atoms with Crippen molar-refractivity contribution in [2.45, 2.75) is 41.2 Å². The number of nitriles is 1. The lowest BCUT2D eigenvalue weighted by atomic mass is 9.96. The molecule has 2 heterocycles. The normalized spacial score (nSPS) is 11.8. The monoisotopic (exact) mass is 455 g/mol. The van der Waals surface area contributed by atoms with Crippen molar-refractivity contribution in [3.05, 3.63) is 16.9 Å². The Hall–Kier alpha value is -1.82. The second-order valence-corrected chi connectivity index (χ2v) is 9.09. The van der Waals surface area contributed by atoms with Crippen molar-refractivity contribution in [2.24, 2.45) is 5.41 Å². The van der Waals surface area contributed by atoms with E-state index < -0.39 is 13.8 Å². The number of rotatable bonds is 10. The minimum absolute atomic E-state index is 0.0911.